The van der Waals surface area contributed by atoms with Crippen LogP contribution in [0.4, 0.5) is 11.8 Å². The molecule has 0 saturated carbocycles. The number of hydrogen-bond acceptors (Lipinski definition) is 9. The quantitative estimate of drug-likeness (QED) is 0.543. The normalized spacial score (nSPS) is 16.3. The number of rotatable bonds is 6. The van der Waals surface area contributed by atoms with Crippen LogP contribution < -0.4 is 15.4 Å². The molecule has 152 valence electrons. The number of nitrogen functional groups attached to an aromatic ring is 1. The third-order valence-corrected chi connectivity index (χ3v) is 5.47. The highest BCUT2D eigenvalue weighted by Crippen LogP contribution is 2.40. The SMILES string of the molecule is COc1c(C)cnc(CN2CC(COS(C)(=O)=O)c3c(Cl)nc(N)nc32)c1C. The lowest BCUT2D eigenvalue weighted by molar-refractivity contribution is 0.299. The van der Waals surface area contributed by atoms with Crippen LogP contribution in [0.3, 0.4) is 0 Å². The second-order valence-corrected chi connectivity index (χ2v) is 8.72. The summed E-state index contributed by atoms with van der Waals surface area (Å²) in [6, 6.07) is 0. The molecular formula is C17H22ClN5O4S. The van der Waals surface area contributed by atoms with E-state index in [0.717, 1.165) is 28.8 Å². The average Bonchev–Trinajstić information content (AvgIpc) is 2.93. The summed E-state index contributed by atoms with van der Waals surface area (Å²) >= 11 is 6.29. The van der Waals surface area contributed by atoms with Crippen LogP contribution in [0.2, 0.25) is 5.15 Å². The molecule has 0 aromatic carbocycles. The molecule has 0 amide bonds. The number of anilines is 2. The summed E-state index contributed by atoms with van der Waals surface area (Å²) in [4.78, 5) is 14.8. The Bertz CT molecular complexity index is 1020. The molecular weight excluding hydrogens is 406 g/mol. The minimum atomic E-state index is -3.59. The zero-order valence-corrected chi connectivity index (χ0v) is 17.6. The molecule has 1 unspecified atom stereocenters. The Morgan fingerprint density at radius 3 is 2.71 bits per heavy atom. The van der Waals surface area contributed by atoms with Crippen molar-refractivity contribution < 1.29 is 17.3 Å². The highest BCUT2D eigenvalue weighted by Gasteiger charge is 2.35. The number of methoxy groups -OCH3 is 1. The van der Waals surface area contributed by atoms with E-state index in [2.05, 4.69) is 15.0 Å². The highest BCUT2D eigenvalue weighted by molar-refractivity contribution is 7.85. The summed E-state index contributed by atoms with van der Waals surface area (Å²) in [5.74, 6) is 1.07. The standard InChI is InChI=1S/C17H22ClN5O4S/c1-9-5-20-12(10(2)14(9)26-3)7-23-6-11(8-27-28(4,24)25)13-15(18)21-17(19)22-16(13)23/h5,11H,6-8H2,1-4H3,(H2,19,21,22). The molecule has 0 fully saturated rings. The Kier molecular flexibility index (Phi) is 5.64. The molecule has 9 nitrogen and oxygen atoms in total. The first-order valence-electron chi connectivity index (χ1n) is 8.52. The Morgan fingerprint density at radius 1 is 1.36 bits per heavy atom. The van der Waals surface area contributed by atoms with Gasteiger partial charge in [-0.25, -0.2) is 4.98 Å². The average molecular weight is 428 g/mol. The number of fused-ring (bicyclic) bond motifs is 1. The molecule has 0 spiro atoms. The highest BCUT2D eigenvalue weighted by atomic mass is 35.5. The van der Waals surface area contributed by atoms with E-state index in [-0.39, 0.29) is 23.6 Å². The molecule has 3 rings (SSSR count). The van der Waals surface area contributed by atoms with Crippen LogP contribution in [0.1, 0.15) is 28.3 Å². The molecule has 0 aliphatic carbocycles. The van der Waals surface area contributed by atoms with Gasteiger partial charge in [0.15, 0.2) is 0 Å². The van der Waals surface area contributed by atoms with E-state index < -0.39 is 10.1 Å². The number of nitrogens with two attached hydrogens (primary N) is 1. The first kappa shape index (κ1) is 20.6. The fourth-order valence-electron chi connectivity index (χ4n) is 3.38. The van der Waals surface area contributed by atoms with E-state index in [1.54, 1.807) is 13.3 Å². The second-order valence-electron chi connectivity index (χ2n) is 6.72. The van der Waals surface area contributed by atoms with Crippen LogP contribution in [0.15, 0.2) is 6.20 Å². The number of halogens is 1. The van der Waals surface area contributed by atoms with Crippen molar-refractivity contribution in [3.63, 3.8) is 0 Å². The number of pyridine rings is 1. The minimum absolute atomic E-state index is 0.0459. The molecule has 0 bridgehead atoms. The summed E-state index contributed by atoms with van der Waals surface area (Å²) in [7, 11) is -1.97. The largest absolute Gasteiger partial charge is 0.496 e. The van der Waals surface area contributed by atoms with E-state index in [1.165, 1.54) is 0 Å². The summed E-state index contributed by atoms with van der Waals surface area (Å²) in [6.07, 6.45) is 2.76. The third-order valence-electron chi connectivity index (χ3n) is 4.62. The number of aromatic nitrogens is 3. The number of ether oxygens (including phenoxy) is 1. The van der Waals surface area contributed by atoms with E-state index in [1.807, 2.05) is 18.7 Å². The Hall–Kier alpha value is -2.17. The molecule has 2 aromatic rings. The second kappa shape index (κ2) is 7.69. The van der Waals surface area contributed by atoms with Gasteiger partial charge in [0.25, 0.3) is 10.1 Å². The summed E-state index contributed by atoms with van der Waals surface area (Å²) < 4.78 is 33.3. The van der Waals surface area contributed by atoms with Gasteiger partial charge in [0.05, 0.1) is 32.2 Å². The van der Waals surface area contributed by atoms with Crippen LogP contribution >= 0.6 is 11.6 Å². The van der Waals surface area contributed by atoms with Crippen molar-refractivity contribution in [2.24, 2.45) is 0 Å². The zero-order valence-electron chi connectivity index (χ0n) is 16.1. The van der Waals surface area contributed by atoms with Gasteiger partial charge < -0.3 is 15.4 Å². The third kappa shape index (κ3) is 4.13. The van der Waals surface area contributed by atoms with Gasteiger partial charge in [-0.1, -0.05) is 11.6 Å². The van der Waals surface area contributed by atoms with Crippen molar-refractivity contribution in [1.29, 1.82) is 0 Å². The molecule has 2 N–H and O–H groups in total. The smallest absolute Gasteiger partial charge is 0.264 e. The van der Waals surface area contributed by atoms with Crippen molar-refractivity contribution in [1.82, 2.24) is 15.0 Å². The van der Waals surface area contributed by atoms with Gasteiger partial charge >= 0.3 is 0 Å². The molecule has 28 heavy (non-hydrogen) atoms. The van der Waals surface area contributed by atoms with Gasteiger partial charge in [-0.3, -0.25) is 9.17 Å². The maximum absolute atomic E-state index is 11.4. The van der Waals surface area contributed by atoms with Gasteiger partial charge in [-0.15, -0.1) is 0 Å². The van der Waals surface area contributed by atoms with Gasteiger partial charge in [0.1, 0.15) is 16.7 Å². The summed E-state index contributed by atoms with van der Waals surface area (Å²) in [6.45, 7) is 4.69. The Morgan fingerprint density at radius 2 is 2.07 bits per heavy atom. The van der Waals surface area contributed by atoms with E-state index in [0.29, 0.717) is 24.5 Å². The fourth-order valence-corrected chi connectivity index (χ4v) is 4.11. The van der Waals surface area contributed by atoms with E-state index in [4.69, 9.17) is 26.3 Å². The predicted molar refractivity (Wildman–Crippen MR) is 106 cm³/mol. The van der Waals surface area contributed by atoms with Crippen LogP contribution in [0.5, 0.6) is 5.75 Å². The van der Waals surface area contributed by atoms with Gasteiger partial charge in [-0.2, -0.15) is 13.4 Å². The molecule has 0 saturated heterocycles. The van der Waals surface area contributed by atoms with Crippen molar-refractivity contribution in [2.75, 3.05) is 37.2 Å². The lowest BCUT2D eigenvalue weighted by atomic mass is 10.1. The molecule has 0 radical (unpaired) electrons. The Labute approximate surface area is 169 Å². The van der Waals surface area contributed by atoms with Crippen molar-refractivity contribution in [3.05, 3.63) is 33.7 Å². The van der Waals surface area contributed by atoms with Crippen molar-refractivity contribution in [3.8, 4) is 5.75 Å². The molecule has 3 heterocycles. The molecule has 1 aliphatic heterocycles. The van der Waals surface area contributed by atoms with E-state index in [9.17, 15) is 8.42 Å². The molecule has 1 aliphatic rings. The number of hydrogen-bond donors (Lipinski definition) is 1. The first-order valence-corrected chi connectivity index (χ1v) is 10.7. The first-order chi connectivity index (χ1) is 13.1. The van der Waals surface area contributed by atoms with Crippen LogP contribution in [0.25, 0.3) is 0 Å². The monoisotopic (exact) mass is 427 g/mol. The van der Waals surface area contributed by atoms with Crippen LogP contribution in [-0.2, 0) is 20.8 Å². The molecule has 2 aromatic heterocycles. The maximum atomic E-state index is 11.4. The van der Waals surface area contributed by atoms with Gasteiger partial charge in [0, 0.05) is 35.3 Å². The van der Waals surface area contributed by atoms with E-state index >= 15 is 0 Å². The Balaban J connectivity index is 1.96. The fraction of sp³-hybridized carbons (Fsp3) is 0.471. The minimum Gasteiger partial charge on any atom is -0.496 e. The summed E-state index contributed by atoms with van der Waals surface area (Å²) in [5, 5.41) is 0.193. The summed E-state index contributed by atoms with van der Waals surface area (Å²) in [5.41, 5.74) is 9.08. The number of nitrogens with zero attached hydrogens (tertiary/aromatic N) is 4. The van der Waals surface area contributed by atoms with Crippen molar-refractivity contribution >= 4 is 33.5 Å². The van der Waals surface area contributed by atoms with Crippen LogP contribution in [-0.4, -0.2) is 49.9 Å². The maximum Gasteiger partial charge on any atom is 0.264 e. The topological polar surface area (TPSA) is 121 Å². The van der Waals surface area contributed by atoms with Crippen LogP contribution in [0, 0.1) is 13.8 Å². The number of aryl methyl sites for hydroxylation is 1. The van der Waals surface area contributed by atoms with Crippen molar-refractivity contribution in [2.45, 2.75) is 26.3 Å². The van der Waals surface area contributed by atoms with Gasteiger partial charge in [0.2, 0.25) is 5.95 Å². The molecule has 1 atom stereocenters. The lowest BCUT2D eigenvalue weighted by Gasteiger charge is -2.21. The molecule has 11 heteroatoms. The lowest BCUT2D eigenvalue weighted by Crippen LogP contribution is -2.25. The zero-order chi connectivity index (χ0) is 20.6. The predicted octanol–water partition coefficient (Wildman–Crippen LogP) is 1.81. The van der Waals surface area contributed by atoms with Gasteiger partial charge in [-0.05, 0) is 13.8 Å².